The fourth-order valence-electron chi connectivity index (χ4n) is 2.72. The minimum atomic E-state index is -1.11. The van der Waals surface area contributed by atoms with Gasteiger partial charge in [-0.05, 0) is 25.0 Å². The maximum atomic E-state index is 12.2. The lowest BCUT2D eigenvalue weighted by molar-refractivity contribution is -0.147. The van der Waals surface area contributed by atoms with Crippen LogP contribution in [0.15, 0.2) is 18.2 Å². The van der Waals surface area contributed by atoms with Crippen molar-refractivity contribution >= 4 is 23.5 Å². The Morgan fingerprint density at radius 3 is 2.62 bits per heavy atom. The molecule has 0 aromatic heterocycles. The lowest BCUT2D eigenvalue weighted by Gasteiger charge is -2.25. The maximum absolute atomic E-state index is 12.2. The summed E-state index contributed by atoms with van der Waals surface area (Å²) in [7, 11) is 1.50. The van der Waals surface area contributed by atoms with Crippen LogP contribution in [0.3, 0.4) is 0 Å². The maximum Gasteiger partial charge on any atom is 0.329 e. The van der Waals surface area contributed by atoms with Gasteiger partial charge in [0.05, 0.1) is 13.5 Å². The van der Waals surface area contributed by atoms with Gasteiger partial charge in [0.1, 0.15) is 11.3 Å². The molecule has 1 amide bonds. The Labute approximate surface area is 128 Å². The van der Waals surface area contributed by atoms with Crippen molar-refractivity contribution in [2.24, 2.45) is 0 Å². The van der Waals surface area contributed by atoms with E-state index in [1.165, 1.54) is 7.11 Å². The first-order chi connectivity index (χ1) is 9.97. The Hall–Kier alpha value is -1.75. The van der Waals surface area contributed by atoms with Gasteiger partial charge in [0, 0.05) is 10.6 Å². The third-order valence-corrected chi connectivity index (χ3v) is 4.08. The molecule has 2 N–H and O–H groups in total. The average Bonchev–Trinajstić information content (AvgIpc) is 2.90. The van der Waals surface area contributed by atoms with Crippen molar-refractivity contribution in [1.29, 1.82) is 0 Å². The molecule has 0 unspecified atom stereocenters. The molecular weight excluding hydrogens is 294 g/mol. The van der Waals surface area contributed by atoms with Crippen LogP contribution >= 0.6 is 11.6 Å². The fourth-order valence-corrected chi connectivity index (χ4v) is 2.88. The largest absolute Gasteiger partial charge is 0.496 e. The molecule has 0 radical (unpaired) electrons. The zero-order valence-electron chi connectivity index (χ0n) is 11.8. The van der Waals surface area contributed by atoms with Crippen LogP contribution in [-0.4, -0.2) is 29.6 Å². The van der Waals surface area contributed by atoms with E-state index in [1.54, 1.807) is 18.2 Å². The van der Waals surface area contributed by atoms with Gasteiger partial charge in [0.2, 0.25) is 5.91 Å². The lowest BCUT2D eigenvalue weighted by atomic mass is 9.97. The molecule has 0 aliphatic heterocycles. The summed E-state index contributed by atoms with van der Waals surface area (Å²) in [5, 5.41) is 12.6. The zero-order valence-corrected chi connectivity index (χ0v) is 12.6. The molecule has 21 heavy (non-hydrogen) atoms. The molecule has 1 aromatic rings. The summed E-state index contributed by atoms with van der Waals surface area (Å²) < 4.78 is 5.19. The highest BCUT2D eigenvalue weighted by Gasteiger charge is 2.42. The number of carboxylic acids is 1. The van der Waals surface area contributed by atoms with Gasteiger partial charge in [-0.2, -0.15) is 0 Å². The number of nitrogens with one attached hydrogen (secondary N) is 1. The second kappa shape index (κ2) is 6.35. The fraction of sp³-hybridized carbons (Fsp3) is 0.467. The molecule has 0 atom stereocenters. The molecule has 1 saturated carbocycles. The van der Waals surface area contributed by atoms with E-state index in [0.29, 0.717) is 29.2 Å². The average molecular weight is 312 g/mol. The minimum Gasteiger partial charge on any atom is -0.496 e. The molecule has 2 rings (SSSR count). The normalized spacial score (nSPS) is 16.5. The van der Waals surface area contributed by atoms with Crippen LogP contribution in [0.5, 0.6) is 5.75 Å². The van der Waals surface area contributed by atoms with Crippen LogP contribution in [0.2, 0.25) is 5.02 Å². The third-order valence-electron chi connectivity index (χ3n) is 3.85. The van der Waals surface area contributed by atoms with Gasteiger partial charge in [0.15, 0.2) is 0 Å². The number of methoxy groups -OCH3 is 1. The topological polar surface area (TPSA) is 75.6 Å². The van der Waals surface area contributed by atoms with E-state index in [4.69, 9.17) is 16.3 Å². The van der Waals surface area contributed by atoms with Crippen LogP contribution in [0.4, 0.5) is 0 Å². The summed E-state index contributed by atoms with van der Waals surface area (Å²) in [6, 6.07) is 5.02. The molecule has 114 valence electrons. The van der Waals surface area contributed by atoms with Crippen LogP contribution in [0.25, 0.3) is 0 Å². The third kappa shape index (κ3) is 3.47. The van der Waals surface area contributed by atoms with Crippen LogP contribution in [-0.2, 0) is 16.0 Å². The van der Waals surface area contributed by atoms with E-state index in [2.05, 4.69) is 5.32 Å². The molecule has 1 aromatic carbocycles. The summed E-state index contributed by atoms with van der Waals surface area (Å²) in [6.45, 7) is 0. The van der Waals surface area contributed by atoms with Crippen molar-refractivity contribution in [2.45, 2.75) is 37.6 Å². The summed E-state index contributed by atoms with van der Waals surface area (Å²) in [4.78, 5) is 23.6. The number of benzene rings is 1. The second-order valence-electron chi connectivity index (χ2n) is 5.28. The molecule has 0 saturated heterocycles. The van der Waals surface area contributed by atoms with E-state index in [0.717, 1.165) is 12.8 Å². The number of hydrogen-bond donors (Lipinski definition) is 2. The molecule has 1 fully saturated rings. The predicted octanol–water partition coefficient (Wildman–Crippen LogP) is 2.40. The first-order valence-electron chi connectivity index (χ1n) is 6.84. The summed E-state index contributed by atoms with van der Waals surface area (Å²) in [6.07, 6.45) is 2.65. The SMILES string of the molecule is COc1cc(Cl)ccc1CC(=O)NC1(C(=O)O)CCCC1. The number of ether oxygens (including phenoxy) is 1. The van der Waals surface area contributed by atoms with Crippen molar-refractivity contribution in [1.82, 2.24) is 5.32 Å². The summed E-state index contributed by atoms with van der Waals surface area (Å²) in [5.41, 5.74) is -0.436. The number of carbonyl (C=O) groups is 2. The number of rotatable bonds is 5. The van der Waals surface area contributed by atoms with Gasteiger partial charge in [-0.15, -0.1) is 0 Å². The molecule has 1 aliphatic rings. The standard InChI is InChI=1S/C15H18ClNO4/c1-21-12-9-11(16)5-4-10(12)8-13(18)17-15(14(19)20)6-2-3-7-15/h4-5,9H,2-3,6-8H2,1H3,(H,17,18)(H,19,20). The Bertz CT molecular complexity index is 553. The van der Waals surface area contributed by atoms with E-state index < -0.39 is 11.5 Å². The van der Waals surface area contributed by atoms with E-state index in [9.17, 15) is 14.7 Å². The van der Waals surface area contributed by atoms with Gasteiger partial charge in [-0.1, -0.05) is 30.5 Å². The highest BCUT2D eigenvalue weighted by molar-refractivity contribution is 6.30. The molecule has 0 heterocycles. The molecule has 5 nitrogen and oxygen atoms in total. The molecular formula is C15H18ClNO4. The highest BCUT2D eigenvalue weighted by atomic mass is 35.5. The monoisotopic (exact) mass is 311 g/mol. The number of carboxylic acid groups (broad SMARTS) is 1. The van der Waals surface area contributed by atoms with Crippen molar-refractivity contribution in [2.75, 3.05) is 7.11 Å². The van der Waals surface area contributed by atoms with Crippen molar-refractivity contribution in [3.8, 4) is 5.75 Å². The highest BCUT2D eigenvalue weighted by Crippen LogP contribution is 2.30. The van der Waals surface area contributed by atoms with E-state index >= 15 is 0 Å². The van der Waals surface area contributed by atoms with Crippen LogP contribution < -0.4 is 10.1 Å². The minimum absolute atomic E-state index is 0.0649. The first-order valence-corrected chi connectivity index (χ1v) is 7.21. The first kappa shape index (κ1) is 15.6. The Kier molecular flexibility index (Phi) is 4.73. The van der Waals surface area contributed by atoms with Gasteiger partial charge in [-0.25, -0.2) is 4.79 Å². The second-order valence-corrected chi connectivity index (χ2v) is 5.71. The molecule has 0 bridgehead atoms. The zero-order chi connectivity index (χ0) is 15.5. The van der Waals surface area contributed by atoms with Crippen molar-refractivity contribution in [3.63, 3.8) is 0 Å². The number of hydrogen-bond acceptors (Lipinski definition) is 3. The summed E-state index contributed by atoms with van der Waals surface area (Å²) in [5.74, 6) is -0.759. The smallest absolute Gasteiger partial charge is 0.329 e. The quantitative estimate of drug-likeness (QED) is 0.875. The van der Waals surface area contributed by atoms with Gasteiger partial charge in [-0.3, -0.25) is 4.79 Å². The Morgan fingerprint density at radius 1 is 1.38 bits per heavy atom. The molecule has 0 spiro atoms. The lowest BCUT2D eigenvalue weighted by Crippen LogP contribution is -2.52. The number of aliphatic carboxylic acids is 1. The Balaban J connectivity index is 2.10. The number of carbonyl (C=O) groups excluding carboxylic acids is 1. The van der Waals surface area contributed by atoms with Gasteiger partial charge < -0.3 is 15.2 Å². The Morgan fingerprint density at radius 2 is 2.05 bits per heavy atom. The summed E-state index contributed by atoms with van der Waals surface area (Å²) >= 11 is 5.88. The molecule has 6 heteroatoms. The predicted molar refractivity (Wildman–Crippen MR) is 78.7 cm³/mol. The van der Waals surface area contributed by atoms with Gasteiger partial charge in [0.25, 0.3) is 0 Å². The van der Waals surface area contributed by atoms with Gasteiger partial charge >= 0.3 is 5.97 Å². The van der Waals surface area contributed by atoms with Crippen molar-refractivity contribution < 1.29 is 19.4 Å². The van der Waals surface area contributed by atoms with E-state index in [1.807, 2.05) is 0 Å². The number of halogens is 1. The molecule has 1 aliphatic carbocycles. The van der Waals surface area contributed by atoms with E-state index in [-0.39, 0.29) is 12.3 Å². The van der Waals surface area contributed by atoms with Crippen molar-refractivity contribution in [3.05, 3.63) is 28.8 Å². The number of amides is 1. The van der Waals surface area contributed by atoms with Crippen LogP contribution in [0, 0.1) is 0 Å². The van der Waals surface area contributed by atoms with Crippen LogP contribution in [0.1, 0.15) is 31.2 Å².